The van der Waals surface area contributed by atoms with Crippen LogP contribution in [0.1, 0.15) is 12.8 Å². The number of nitrogens with one attached hydrogen (secondary N) is 1. The van der Waals surface area contributed by atoms with E-state index in [0.717, 1.165) is 63.7 Å². The Labute approximate surface area is 119 Å². The summed E-state index contributed by atoms with van der Waals surface area (Å²) in [6.45, 7) is 6.20. The minimum absolute atomic E-state index is 0.305. The number of piperidine rings is 1. The summed E-state index contributed by atoms with van der Waals surface area (Å²) in [6, 6.07) is 0. The van der Waals surface area contributed by atoms with E-state index in [4.69, 9.17) is 0 Å². The molecular formula is C14H23N5O. The van der Waals surface area contributed by atoms with E-state index in [2.05, 4.69) is 25.1 Å². The maximum Gasteiger partial charge on any atom is 0.172 e. The van der Waals surface area contributed by atoms with Gasteiger partial charge in [-0.1, -0.05) is 0 Å². The summed E-state index contributed by atoms with van der Waals surface area (Å²) in [4.78, 5) is 13.8. The van der Waals surface area contributed by atoms with Crippen LogP contribution in [0.25, 0.3) is 0 Å². The molecule has 0 aromatic carbocycles. The van der Waals surface area contributed by atoms with Crippen molar-refractivity contribution in [3.8, 4) is 0 Å². The van der Waals surface area contributed by atoms with Gasteiger partial charge in [0.2, 0.25) is 0 Å². The largest absolute Gasteiger partial charge is 0.396 e. The van der Waals surface area contributed by atoms with Crippen molar-refractivity contribution in [2.75, 3.05) is 55.7 Å². The molecule has 110 valence electrons. The first-order valence-corrected chi connectivity index (χ1v) is 7.51. The zero-order valence-corrected chi connectivity index (χ0v) is 11.8. The van der Waals surface area contributed by atoms with Gasteiger partial charge in [-0.25, -0.2) is 9.97 Å². The number of hydrogen-bond acceptors (Lipinski definition) is 6. The van der Waals surface area contributed by atoms with Crippen molar-refractivity contribution < 1.29 is 5.11 Å². The molecule has 0 radical (unpaired) electrons. The number of anilines is 2. The number of aromatic nitrogens is 2. The summed E-state index contributed by atoms with van der Waals surface area (Å²) < 4.78 is 0. The zero-order valence-electron chi connectivity index (χ0n) is 11.8. The van der Waals surface area contributed by atoms with E-state index in [1.54, 1.807) is 12.4 Å². The van der Waals surface area contributed by atoms with Crippen LogP contribution < -0.4 is 15.1 Å². The first-order chi connectivity index (χ1) is 9.88. The lowest BCUT2D eigenvalue weighted by Gasteiger charge is -2.35. The first-order valence-electron chi connectivity index (χ1n) is 7.51. The van der Waals surface area contributed by atoms with Crippen molar-refractivity contribution >= 4 is 11.6 Å². The average molecular weight is 277 g/mol. The van der Waals surface area contributed by atoms with Crippen LogP contribution in [-0.2, 0) is 0 Å². The fourth-order valence-electron chi connectivity index (χ4n) is 2.97. The van der Waals surface area contributed by atoms with E-state index >= 15 is 0 Å². The van der Waals surface area contributed by atoms with Crippen LogP contribution in [0.5, 0.6) is 0 Å². The molecule has 1 aromatic heterocycles. The topological polar surface area (TPSA) is 64.5 Å². The molecule has 3 rings (SSSR count). The number of piperazine rings is 1. The molecule has 2 fully saturated rings. The molecule has 0 unspecified atom stereocenters. The molecule has 1 aromatic rings. The third-order valence-corrected chi connectivity index (χ3v) is 4.25. The van der Waals surface area contributed by atoms with E-state index in [1.165, 1.54) is 0 Å². The second kappa shape index (κ2) is 6.37. The normalized spacial score (nSPS) is 21.2. The van der Waals surface area contributed by atoms with Crippen LogP contribution in [-0.4, -0.2) is 60.9 Å². The van der Waals surface area contributed by atoms with Gasteiger partial charge in [0.1, 0.15) is 0 Å². The Bertz CT molecular complexity index is 427. The van der Waals surface area contributed by atoms with E-state index in [9.17, 15) is 5.11 Å². The number of rotatable bonds is 3. The molecule has 0 amide bonds. The second-order valence-electron chi connectivity index (χ2n) is 5.55. The third kappa shape index (κ3) is 2.86. The Morgan fingerprint density at radius 3 is 2.10 bits per heavy atom. The van der Waals surface area contributed by atoms with Gasteiger partial charge >= 0.3 is 0 Å². The molecule has 2 aliphatic rings. The molecular weight excluding hydrogens is 254 g/mol. The van der Waals surface area contributed by atoms with Crippen molar-refractivity contribution in [2.24, 2.45) is 5.92 Å². The van der Waals surface area contributed by atoms with Crippen LogP contribution in [0.15, 0.2) is 12.4 Å². The average Bonchev–Trinajstić information content (AvgIpc) is 2.56. The van der Waals surface area contributed by atoms with Crippen LogP contribution in [0.2, 0.25) is 0 Å². The first kappa shape index (κ1) is 13.6. The third-order valence-electron chi connectivity index (χ3n) is 4.25. The maximum atomic E-state index is 9.24. The van der Waals surface area contributed by atoms with Crippen molar-refractivity contribution in [3.05, 3.63) is 12.4 Å². The van der Waals surface area contributed by atoms with Gasteiger partial charge in [-0.2, -0.15) is 0 Å². The molecule has 6 nitrogen and oxygen atoms in total. The molecule has 2 N–H and O–H groups in total. The number of nitrogens with zero attached hydrogens (tertiary/aromatic N) is 4. The predicted octanol–water partition coefficient (Wildman–Crippen LogP) is 0.0949. The van der Waals surface area contributed by atoms with E-state index in [0.29, 0.717) is 12.5 Å². The molecule has 2 saturated heterocycles. The minimum atomic E-state index is 0.305. The highest BCUT2D eigenvalue weighted by atomic mass is 16.3. The van der Waals surface area contributed by atoms with Crippen LogP contribution in [0.4, 0.5) is 11.6 Å². The van der Waals surface area contributed by atoms with E-state index < -0.39 is 0 Å². The summed E-state index contributed by atoms with van der Waals surface area (Å²) in [5.74, 6) is 2.47. The molecule has 6 heteroatoms. The van der Waals surface area contributed by atoms with Gasteiger partial charge in [-0.3, -0.25) is 0 Å². The highest BCUT2D eigenvalue weighted by Crippen LogP contribution is 2.28. The van der Waals surface area contributed by atoms with Crippen molar-refractivity contribution in [1.82, 2.24) is 15.3 Å². The van der Waals surface area contributed by atoms with E-state index in [1.807, 2.05) is 0 Å². The lowest BCUT2D eigenvalue weighted by atomic mass is 9.98. The highest BCUT2D eigenvalue weighted by molar-refractivity contribution is 5.62. The smallest absolute Gasteiger partial charge is 0.172 e. The van der Waals surface area contributed by atoms with Gasteiger partial charge in [-0.05, 0) is 18.8 Å². The lowest BCUT2D eigenvalue weighted by molar-refractivity contribution is 0.203. The highest BCUT2D eigenvalue weighted by Gasteiger charge is 2.24. The van der Waals surface area contributed by atoms with Crippen molar-refractivity contribution in [2.45, 2.75) is 12.8 Å². The Morgan fingerprint density at radius 1 is 1.00 bits per heavy atom. The van der Waals surface area contributed by atoms with Crippen LogP contribution >= 0.6 is 0 Å². The molecule has 0 spiro atoms. The molecule has 0 aliphatic carbocycles. The Kier molecular flexibility index (Phi) is 4.32. The lowest BCUT2D eigenvalue weighted by Crippen LogP contribution is -2.45. The summed E-state index contributed by atoms with van der Waals surface area (Å²) in [5.41, 5.74) is 0. The molecule has 0 bridgehead atoms. The Hall–Kier alpha value is -1.40. The van der Waals surface area contributed by atoms with Gasteiger partial charge in [0.05, 0.1) is 0 Å². The number of hydrogen-bond donors (Lipinski definition) is 2. The maximum absolute atomic E-state index is 9.24. The molecule has 3 heterocycles. The summed E-state index contributed by atoms with van der Waals surface area (Å²) in [7, 11) is 0. The fraction of sp³-hybridized carbons (Fsp3) is 0.714. The molecule has 2 aliphatic heterocycles. The van der Waals surface area contributed by atoms with Gasteiger partial charge in [0, 0.05) is 58.3 Å². The minimum Gasteiger partial charge on any atom is -0.396 e. The second-order valence-corrected chi connectivity index (χ2v) is 5.55. The van der Waals surface area contributed by atoms with Crippen LogP contribution in [0, 0.1) is 5.92 Å². The van der Waals surface area contributed by atoms with Gasteiger partial charge in [0.15, 0.2) is 11.6 Å². The Morgan fingerprint density at radius 2 is 1.55 bits per heavy atom. The molecule has 0 atom stereocenters. The standard InChI is InChI=1S/C14H23N5O/c20-11-12-1-7-18(8-2-12)13-14(17-4-3-16-13)19-9-5-15-6-10-19/h3-4,12,15,20H,1-2,5-11H2. The zero-order chi connectivity index (χ0) is 13.8. The SMILES string of the molecule is OCC1CCN(c2nccnc2N2CCNCC2)CC1. The van der Waals surface area contributed by atoms with Gasteiger partial charge in [0.25, 0.3) is 0 Å². The van der Waals surface area contributed by atoms with Crippen molar-refractivity contribution in [3.63, 3.8) is 0 Å². The van der Waals surface area contributed by atoms with Crippen LogP contribution in [0.3, 0.4) is 0 Å². The summed E-state index contributed by atoms with van der Waals surface area (Å²) in [5, 5.41) is 12.6. The van der Waals surface area contributed by atoms with E-state index in [-0.39, 0.29) is 0 Å². The molecule has 0 saturated carbocycles. The number of aliphatic hydroxyl groups is 1. The fourth-order valence-corrected chi connectivity index (χ4v) is 2.97. The van der Waals surface area contributed by atoms with Crippen molar-refractivity contribution in [1.29, 1.82) is 0 Å². The summed E-state index contributed by atoms with van der Waals surface area (Å²) in [6.07, 6.45) is 5.63. The monoisotopic (exact) mass is 277 g/mol. The Balaban J connectivity index is 1.75. The predicted molar refractivity (Wildman–Crippen MR) is 79.1 cm³/mol. The number of aliphatic hydroxyl groups excluding tert-OH is 1. The summed E-state index contributed by atoms with van der Waals surface area (Å²) >= 11 is 0. The van der Waals surface area contributed by atoms with Gasteiger partial charge in [-0.15, -0.1) is 0 Å². The van der Waals surface area contributed by atoms with Gasteiger partial charge < -0.3 is 20.2 Å². The quantitative estimate of drug-likeness (QED) is 0.817. The molecule has 20 heavy (non-hydrogen) atoms.